The lowest BCUT2D eigenvalue weighted by atomic mass is 10.1. The van der Waals surface area contributed by atoms with Crippen LogP contribution in [0.1, 0.15) is 45.6 Å². The largest absolute Gasteiger partial charge is 0.347 e. The topological polar surface area (TPSA) is 80.3 Å². The molecule has 4 aromatic rings. The van der Waals surface area contributed by atoms with Crippen molar-refractivity contribution < 1.29 is 4.79 Å². The van der Waals surface area contributed by atoms with E-state index >= 15 is 0 Å². The van der Waals surface area contributed by atoms with Gasteiger partial charge in [0.05, 0.1) is 18.8 Å². The normalized spacial score (nSPS) is 13.9. The fourth-order valence-corrected chi connectivity index (χ4v) is 4.24. The number of hydrogen-bond donors (Lipinski definition) is 1. The number of amides is 1. The monoisotopic (exact) mass is 443 g/mol. The maximum Gasteiger partial charge on any atom is 0.270 e. The molecule has 3 aromatic heterocycles. The summed E-state index contributed by atoms with van der Waals surface area (Å²) in [4.78, 5) is 24.7. The summed E-state index contributed by atoms with van der Waals surface area (Å²) in [5.41, 5.74) is 6.55. The summed E-state index contributed by atoms with van der Waals surface area (Å²) < 4.78 is 3.90. The first kappa shape index (κ1) is 21.3. The van der Waals surface area contributed by atoms with E-state index in [1.54, 1.807) is 0 Å². The third-order valence-electron chi connectivity index (χ3n) is 6.37. The lowest BCUT2D eigenvalue weighted by Crippen LogP contribution is -2.30. The van der Waals surface area contributed by atoms with E-state index in [-0.39, 0.29) is 5.91 Å². The number of rotatable bonds is 5. The van der Waals surface area contributed by atoms with Gasteiger partial charge in [-0.2, -0.15) is 5.10 Å². The SMILES string of the molecule is CCc1nc2cc(C)c(C)cn2c1C(=O)NCc1ccc(-c2nc3n(n2)CCN(C)C3)cc1. The highest BCUT2D eigenvalue weighted by molar-refractivity contribution is 5.94. The van der Waals surface area contributed by atoms with Crippen molar-refractivity contribution in [2.75, 3.05) is 13.6 Å². The van der Waals surface area contributed by atoms with E-state index in [0.717, 1.165) is 59.3 Å². The number of pyridine rings is 1. The van der Waals surface area contributed by atoms with Crippen molar-refractivity contribution in [3.63, 3.8) is 0 Å². The second kappa shape index (κ2) is 8.44. The van der Waals surface area contributed by atoms with Crippen LogP contribution in [0.2, 0.25) is 0 Å². The highest BCUT2D eigenvalue weighted by atomic mass is 16.1. The van der Waals surface area contributed by atoms with Crippen molar-refractivity contribution in [2.45, 2.75) is 46.8 Å². The summed E-state index contributed by atoms with van der Waals surface area (Å²) in [6.45, 7) is 9.25. The van der Waals surface area contributed by atoms with Crippen LogP contribution >= 0.6 is 0 Å². The van der Waals surface area contributed by atoms with Crippen molar-refractivity contribution in [1.82, 2.24) is 34.4 Å². The average molecular weight is 444 g/mol. The van der Waals surface area contributed by atoms with Crippen LogP contribution in [0.5, 0.6) is 0 Å². The first-order valence-corrected chi connectivity index (χ1v) is 11.4. The predicted molar refractivity (Wildman–Crippen MR) is 127 cm³/mol. The number of nitrogens with zero attached hydrogens (tertiary/aromatic N) is 6. The van der Waals surface area contributed by atoms with Crippen molar-refractivity contribution in [1.29, 1.82) is 0 Å². The number of imidazole rings is 1. The summed E-state index contributed by atoms with van der Waals surface area (Å²) in [5.74, 6) is 1.64. The Labute approximate surface area is 193 Å². The van der Waals surface area contributed by atoms with E-state index in [0.29, 0.717) is 18.7 Å². The van der Waals surface area contributed by atoms with Crippen LogP contribution in [-0.2, 0) is 26.1 Å². The number of benzene rings is 1. The van der Waals surface area contributed by atoms with Crippen molar-refractivity contribution in [3.8, 4) is 11.4 Å². The van der Waals surface area contributed by atoms with Gasteiger partial charge < -0.3 is 5.32 Å². The number of aryl methyl sites for hydroxylation is 3. The molecule has 8 heteroatoms. The summed E-state index contributed by atoms with van der Waals surface area (Å²) in [5, 5.41) is 7.72. The van der Waals surface area contributed by atoms with Crippen LogP contribution in [0.3, 0.4) is 0 Å². The third kappa shape index (κ3) is 4.02. The van der Waals surface area contributed by atoms with E-state index in [2.05, 4.69) is 34.3 Å². The van der Waals surface area contributed by atoms with Gasteiger partial charge in [0.2, 0.25) is 0 Å². The van der Waals surface area contributed by atoms with Crippen LogP contribution in [0, 0.1) is 13.8 Å². The molecule has 170 valence electrons. The molecule has 0 bridgehead atoms. The fraction of sp³-hybridized carbons (Fsp3) is 0.360. The van der Waals surface area contributed by atoms with Gasteiger partial charge in [0.25, 0.3) is 5.91 Å². The van der Waals surface area contributed by atoms with E-state index in [1.165, 1.54) is 5.56 Å². The smallest absolute Gasteiger partial charge is 0.270 e. The highest BCUT2D eigenvalue weighted by Crippen LogP contribution is 2.20. The Morgan fingerprint density at radius 2 is 1.88 bits per heavy atom. The first-order chi connectivity index (χ1) is 15.9. The van der Waals surface area contributed by atoms with Gasteiger partial charge in [0.1, 0.15) is 17.2 Å². The molecular formula is C25H29N7O. The Bertz CT molecular complexity index is 1330. The zero-order chi connectivity index (χ0) is 23.1. The first-order valence-electron chi connectivity index (χ1n) is 11.4. The summed E-state index contributed by atoms with van der Waals surface area (Å²) >= 11 is 0. The molecule has 0 atom stereocenters. The van der Waals surface area contributed by atoms with Crippen molar-refractivity contribution in [3.05, 3.63) is 70.4 Å². The molecule has 0 radical (unpaired) electrons. The molecule has 8 nitrogen and oxygen atoms in total. The minimum atomic E-state index is -0.112. The lowest BCUT2D eigenvalue weighted by molar-refractivity contribution is 0.0944. The molecule has 0 saturated carbocycles. The van der Waals surface area contributed by atoms with Gasteiger partial charge in [-0.3, -0.25) is 14.1 Å². The highest BCUT2D eigenvalue weighted by Gasteiger charge is 2.20. The summed E-state index contributed by atoms with van der Waals surface area (Å²) in [7, 11) is 2.10. The Hall–Kier alpha value is -3.52. The molecule has 0 fully saturated rings. The molecule has 4 heterocycles. The molecule has 0 spiro atoms. The Morgan fingerprint density at radius 1 is 1.09 bits per heavy atom. The molecule has 1 amide bonds. The van der Waals surface area contributed by atoms with E-state index in [4.69, 9.17) is 4.98 Å². The zero-order valence-corrected chi connectivity index (χ0v) is 19.6. The predicted octanol–water partition coefficient (Wildman–Crippen LogP) is 3.15. The van der Waals surface area contributed by atoms with Gasteiger partial charge in [-0.1, -0.05) is 31.2 Å². The van der Waals surface area contributed by atoms with Gasteiger partial charge in [0.15, 0.2) is 5.82 Å². The molecule has 1 aliphatic rings. The quantitative estimate of drug-likeness (QED) is 0.513. The maximum atomic E-state index is 13.1. The number of carbonyl (C=O) groups excluding carboxylic acids is 1. The summed E-state index contributed by atoms with van der Waals surface area (Å²) in [6.07, 6.45) is 2.70. The number of hydrogen-bond acceptors (Lipinski definition) is 5. The summed E-state index contributed by atoms with van der Waals surface area (Å²) in [6, 6.07) is 10.1. The Kier molecular flexibility index (Phi) is 5.46. The number of carbonyl (C=O) groups is 1. The Morgan fingerprint density at radius 3 is 2.64 bits per heavy atom. The average Bonchev–Trinajstić information content (AvgIpc) is 3.39. The minimum absolute atomic E-state index is 0.112. The van der Waals surface area contributed by atoms with Gasteiger partial charge in [-0.05, 0) is 50.1 Å². The van der Waals surface area contributed by atoms with Gasteiger partial charge >= 0.3 is 0 Å². The van der Waals surface area contributed by atoms with Crippen molar-refractivity contribution >= 4 is 11.6 Å². The Balaban J connectivity index is 1.31. The van der Waals surface area contributed by atoms with E-state index in [9.17, 15) is 4.79 Å². The number of aromatic nitrogens is 5. The van der Waals surface area contributed by atoms with Crippen LogP contribution in [0.25, 0.3) is 17.0 Å². The maximum absolute atomic E-state index is 13.1. The van der Waals surface area contributed by atoms with Gasteiger partial charge in [0, 0.05) is 24.8 Å². The van der Waals surface area contributed by atoms with Crippen LogP contribution < -0.4 is 5.32 Å². The molecule has 1 aliphatic heterocycles. The van der Waals surface area contributed by atoms with Crippen molar-refractivity contribution in [2.24, 2.45) is 0 Å². The molecule has 0 aliphatic carbocycles. The molecule has 0 saturated heterocycles. The molecule has 1 N–H and O–H groups in total. The second-order valence-corrected chi connectivity index (χ2v) is 8.82. The lowest BCUT2D eigenvalue weighted by Gasteiger charge is -2.21. The number of nitrogens with one attached hydrogen (secondary N) is 1. The molecule has 5 rings (SSSR count). The van der Waals surface area contributed by atoms with Crippen LogP contribution in [0.15, 0.2) is 36.5 Å². The number of fused-ring (bicyclic) bond motifs is 2. The second-order valence-electron chi connectivity index (χ2n) is 8.82. The van der Waals surface area contributed by atoms with Crippen LogP contribution in [-0.4, -0.2) is 48.5 Å². The standard InChI is InChI=1S/C25H29N7O/c1-5-20-23(31-14-17(3)16(2)12-21(31)27-20)25(33)26-13-18-6-8-19(9-7-18)24-28-22-15-30(4)10-11-32(22)29-24/h6-9,12,14H,5,10-11,13,15H2,1-4H3,(H,26,33). The number of likely N-dealkylation sites (N-methyl/N-ethyl adjacent to an activating group) is 1. The van der Waals surface area contributed by atoms with Gasteiger partial charge in [-0.15, -0.1) is 0 Å². The van der Waals surface area contributed by atoms with E-state index < -0.39 is 0 Å². The zero-order valence-electron chi connectivity index (χ0n) is 19.6. The molecular weight excluding hydrogens is 414 g/mol. The molecule has 1 aromatic carbocycles. The molecule has 0 unspecified atom stereocenters. The molecule has 33 heavy (non-hydrogen) atoms. The van der Waals surface area contributed by atoms with Gasteiger partial charge in [-0.25, -0.2) is 14.6 Å². The fourth-order valence-electron chi connectivity index (χ4n) is 4.24. The minimum Gasteiger partial charge on any atom is -0.347 e. The third-order valence-corrected chi connectivity index (χ3v) is 6.37. The van der Waals surface area contributed by atoms with E-state index in [1.807, 2.05) is 59.5 Å². The van der Waals surface area contributed by atoms with Crippen LogP contribution in [0.4, 0.5) is 0 Å².